The van der Waals surface area contributed by atoms with Crippen LogP contribution >= 0.6 is 0 Å². The zero-order valence-corrected chi connectivity index (χ0v) is 11.4. The second-order valence-electron chi connectivity index (χ2n) is 5.15. The summed E-state index contributed by atoms with van der Waals surface area (Å²) in [5.74, 6) is -0.300. The highest BCUT2D eigenvalue weighted by Crippen LogP contribution is 2.29. The van der Waals surface area contributed by atoms with E-state index in [0.29, 0.717) is 31.6 Å². The number of hydrogen-bond acceptors (Lipinski definition) is 3. The molecule has 0 spiro atoms. The van der Waals surface area contributed by atoms with Crippen molar-refractivity contribution in [2.75, 3.05) is 13.2 Å². The Balaban J connectivity index is 1.92. The van der Waals surface area contributed by atoms with Gasteiger partial charge >= 0.3 is 6.18 Å². The number of halogens is 3. The van der Waals surface area contributed by atoms with Gasteiger partial charge in [0, 0.05) is 19.8 Å². The van der Waals surface area contributed by atoms with E-state index in [4.69, 9.17) is 10.5 Å². The van der Waals surface area contributed by atoms with Crippen LogP contribution in [0.3, 0.4) is 0 Å². The zero-order chi connectivity index (χ0) is 15.5. The van der Waals surface area contributed by atoms with Crippen molar-refractivity contribution in [3.63, 3.8) is 0 Å². The van der Waals surface area contributed by atoms with Crippen LogP contribution < -0.4 is 11.1 Å². The van der Waals surface area contributed by atoms with Gasteiger partial charge in [-0.25, -0.2) is 0 Å². The van der Waals surface area contributed by atoms with Crippen molar-refractivity contribution in [3.8, 4) is 0 Å². The molecule has 0 aliphatic carbocycles. The van der Waals surface area contributed by atoms with Gasteiger partial charge in [-0.15, -0.1) is 0 Å². The van der Waals surface area contributed by atoms with Gasteiger partial charge in [0.2, 0.25) is 5.91 Å². The van der Waals surface area contributed by atoms with Crippen LogP contribution in [-0.2, 0) is 22.3 Å². The summed E-state index contributed by atoms with van der Waals surface area (Å²) in [4.78, 5) is 12.0. The summed E-state index contributed by atoms with van der Waals surface area (Å²) in [7, 11) is 0. The average Bonchev–Trinajstić information content (AvgIpc) is 2.45. The molecule has 1 aliphatic heterocycles. The number of benzene rings is 1. The highest BCUT2D eigenvalue weighted by Gasteiger charge is 2.35. The Labute approximate surface area is 120 Å². The van der Waals surface area contributed by atoms with Gasteiger partial charge in [-0.3, -0.25) is 4.79 Å². The van der Waals surface area contributed by atoms with Crippen LogP contribution in [0.25, 0.3) is 0 Å². The van der Waals surface area contributed by atoms with Gasteiger partial charge in [0.25, 0.3) is 0 Å². The number of amides is 1. The standard InChI is InChI=1S/C14H17F3N2O2/c15-14(16,17)11-3-1-10(2-4-11)9-19-12(20)13(18)5-7-21-8-6-13/h1-4H,5-9,18H2,(H,19,20). The lowest BCUT2D eigenvalue weighted by molar-refractivity contribution is -0.137. The molecule has 4 nitrogen and oxygen atoms in total. The summed E-state index contributed by atoms with van der Waals surface area (Å²) in [6.45, 7) is 1.02. The van der Waals surface area contributed by atoms with Crippen molar-refractivity contribution in [2.45, 2.75) is 31.1 Å². The largest absolute Gasteiger partial charge is 0.416 e. The molecule has 1 aromatic rings. The summed E-state index contributed by atoms with van der Waals surface area (Å²) < 4.78 is 42.4. The second kappa shape index (κ2) is 6.03. The Morgan fingerprint density at radius 2 is 1.81 bits per heavy atom. The second-order valence-corrected chi connectivity index (χ2v) is 5.15. The molecule has 0 bridgehead atoms. The molecule has 7 heteroatoms. The van der Waals surface area contributed by atoms with Gasteiger partial charge < -0.3 is 15.8 Å². The first-order valence-corrected chi connectivity index (χ1v) is 6.62. The van der Waals surface area contributed by atoms with E-state index in [9.17, 15) is 18.0 Å². The van der Waals surface area contributed by atoms with Gasteiger partial charge in [-0.2, -0.15) is 13.2 Å². The lowest BCUT2D eigenvalue weighted by atomic mass is 9.90. The number of carbonyl (C=O) groups is 1. The molecule has 3 N–H and O–H groups in total. The summed E-state index contributed by atoms with van der Waals surface area (Å²) >= 11 is 0. The monoisotopic (exact) mass is 302 g/mol. The number of ether oxygens (including phenoxy) is 1. The van der Waals surface area contributed by atoms with E-state index >= 15 is 0 Å². The summed E-state index contributed by atoms with van der Waals surface area (Å²) in [5.41, 5.74) is 4.93. The van der Waals surface area contributed by atoms with Crippen LogP contribution in [0.2, 0.25) is 0 Å². The van der Waals surface area contributed by atoms with E-state index in [0.717, 1.165) is 12.1 Å². The molecule has 0 unspecified atom stereocenters. The minimum Gasteiger partial charge on any atom is -0.381 e. The maximum Gasteiger partial charge on any atom is 0.416 e. The number of alkyl halides is 3. The van der Waals surface area contributed by atoms with Crippen LogP contribution in [0.4, 0.5) is 13.2 Å². The van der Waals surface area contributed by atoms with Gasteiger partial charge in [0.05, 0.1) is 11.1 Å². The first-order chi connectivity index (χ1) is 9.81. The number of rotatable bonds is 3. The summed E-state index contributed by atoms with van der Waals surface area (Å²) in [5, 5.41) is 2.67. The SMILES string of the molecule is NC1(C(=O)NCc2ccc(C(F)(F)F)cc2)CCOCC1. The maximum absolute atomic E-state index is 12.4. The number of hydrogen-bond donors (Lipinski definition) is 2. The normalized spacial score (nSPS) is 18.3. The molecule has 0 atom stereocenters. The molecule has 2 rings (SSSR count). The molecule has 1 amide bonds. The number of nitrogens with one attached hydrogen (secondary N) is 1. The van der Waals surface area contributed by atoms with E-state index in [1.165, 1.54) is 12.1 Å². The minimum absolute atomic E-state index is 0.150. The number of nitrogens with two attached hydrogens (primary N) is 1. The topological polar surface area (TPSA) is 64.4 Å². The molecule has 0 aromatic heterocycles. The third-order valence-electron chi connectivity index (χ3n) is 3.57. The van der Waals surface area contributed by atoms with Crippen molar-refractivity contribution in [1.29, 1.82) is 0 Å². The molecular formula is C14H17F3N2O2. The molecule has 1 saturated heterocycles. The van der Waals surface area contributed by atoms with Crippen molar-refractivity contribution in [1.82, 2.24) is 5.32 Å². The predicted octanol–water partition coefficient (Wildman–Crippen LogP) is 1.83. The van der Waals surface area contributed by atoms with Gasteiger partial charge in [-0.1, -0.05) is 12.1 Å². The van der Waals surface area contributed by atoms with E-state index in [-0.39, 0.29) is 12.5 Å². The lowest BCUT2D eigenvalue weighted by Gasteiger charge is -2.31. The highest BCUT2D eigenvalue weighted by molar-refractivity contribution is 5.86. The molecule has 1 fully saturated rings. The lowest BCUT2D eigenvalue weighted by Crippen LogP contribution is -2.56. The van der Waals surface area contributed by atoms with Crippen molar-refractivity contribution < 1.29 is 22.7 Å². The van der Waals surface area contributed by atoms with Crippen LogP contribution in [0.15, 0.2) is 24.3 Å². The molecule has 1 heterocycles. The fourth-order valence-electron chi connectivity index (χ4n) is 2.13. The highest BCUT2D eigenvalue weighted by atomic mass is 19.4. The molecular weight excluding hydrogens is 285 g/mol. The molecule has 1 aliphatic rings. The smallest absolute Gasteiger partial charge is 0.381 e. The maximum atomic E-state index is 12.4. The van der Waals surface area contributed by atoms with Crippen molar-refractivity contribution in [3.05, 3.63) is 35.4 Å². The zero-order valence-electron chi connectivity index (χ0n) is 11.4. The Hall–Kier alpha value is -1.60. The summed E-state index contributed by atoms with van der Waals surface area (Å²) in [6.07, 6.45) is -3.48. The van der Waals surface area contributed by atoms with Crippen molar-refractivity contribution >= 4 is 5.91 Å². The average molecular weight is 302 g/mol. The van der Waals surface area contributed by atoms with Crippen LogP contribution in [-0.4, -0.2) is 24.7 Å². The molecule has 1 aromatic carbocycles. The van der Waals surface area contributed by atoms with Gasteiger partial charge in [-0.05, 0) is 30.5 Å². The quantitative estimate of drug-likeness (QED) is 0.895. The van der Waals surface area contributed by atoms with Gasteiger partial charge in [0.15, 0.2) is 0 Å². The predicted molar refractivity (Wildman–Crippen MR) is 70.3 cm³/mol. The van der Waals surface area contributed by atoms with Crippen molar-refractivity contribution in [2.24, 2.45) is 5.73 Å². The third kappa shape index (κ3) is 3.95. The van der Waals surface area contributed by atoms with E-state index < -0.39 is 17.3 Å². The Kier molecular flexibility index (Phi) is 4.53. The fourth-order valence-corrected chi connectivity index (χ4v) is 2.13. The Morgan fingerprint density at radius 1 is 1.24 bits per heavy atom. The minimum atomic E-state index is -4.36. The van der Waals surface area contributed by atoms with Crippen LogP contribution in [0, 0.1) is 0 Å². The number of carbonyl (C=O) groups excluding carboxylic acids is 1. The van der Waals surface area contributed by atoms with Crippen LogP contribution in [0.1, 0.15) is 24.0 Å². The first-order valence-electron chi connectivity index (χ1n) is 6.62. The van der Waals surface area contributed by atoms with E-state index in [1.54, 1.807) is 0 Å². The molecule has 116 valence electrons. The molecule has 21 heavy (non-hydrogen) atoms. The third-order valence-corrected chi connectivity index (χ3v) is 3.57. The Bertz CT molecular complexity index is 494. The first kappa shape index (κ1) is 15.8. The molecule has 0 saturated carbocycles. The molecule has 0 radical (unpaired) electrons. The summed E-state index contributed by atoms with van der Waals surface area (Å²) in [6, 6.07) is 4.68. The van der Waals surface area contributed by atoms with E-state index in [1.807, 2.05) is 0 Å². The van der Waals surface area contributed by atoms with E-state index in [2.05, 4.69) is 5.32 Å². The Morgan fingerprint density at radius 3 is 2.33 bits per heavy atom. The van der Waals surface area contributed by atoms with Gasteiger partial charge in [0.1, 0.15) is 0 Å². The van der Waals surface area contributed by atoms with Crippen LogP contribution in [0.5, 0.6) is 0 Å². The fraction of sp³-hybridized carbons (Fsp3) is 0.500.